The molecule has 2 aliphatic carbocycles. The van der Waals surface area contributed by atoms with Crippen LogP contribution < -0.4 is 12.4 Å². The molecule has 21 heavy (non-hydrogen) atoms. The maximum absolute atomic E-state index is 12.1. The Hall–Kier alpha value is -0.841. The summed E-state index contributed by atoms with van der Waals surface area (Å²) < 4.78 is 0. The third-order valence-corrected chi connectivity index (χ3v) is 3.82. The van der Waals surface area contributed by atoms with Gasteiger partial charge >= 0.3 is 17.1 Å². The van der Waals surface area contributed by atoms with E-state index in [1.54, 1.807) is 24.1 Å². The number of Topliss-reactive ketones (excluding diaryl/α,β-unsaturated/α-hetero) is 2. The van der Waals surface area contributed by atoms with Crippen LogP contribution in [-0.2, 0) is 26.7 Å². The second kappa shape index (κ2) is 8.57. The Bertz CT molecular complexity index is 609. The Balaban J connectivity index is 0.00000200. The molecule has 2 nitrogen and oxygen atoms in total. The molecular weight excluding hydrogens is 382 g/mol. The molecule has 2 unspecified atom stereocenters. The average Bonchev–Trinajstić information content (AvgIpc) is 2.67. The summed E-state index contributed by atoms with van der Waals surface area (Å²) in [7, 11) is 0. The predicted molar refractivity (Wildman–Crippen MR) is 72.8 cm³/mol. The minimum Gasteiger partial charge on any atom is -1.00 e. The van der Waals surface area contributed by atoms with Crippen LogP contribution in [0.1, 0.15) is 6.42 Å². The van der Waals surface area contributed by atoms with Crippen LogP contribution in [0.5, 0.6) is 0 Å². The smallest absolute Gasteiger partial charge is 1.00 e. The van der Waals surface area contributed by atoms with Gasteiger partial charge in [-0.3, -0.25) is 10.7 Å². The van der Waals surface area contributed by atoms with Gasteiger partial charge in [0.15, 0.2) is 0 Å². The fraction of sp³-hybridized carbons (Fsp3) is 0.200. The number of allylic oxidation sites excluding steroid dienone is 8. The molecule has 0 aromatic carbocycles. The van der Waals surface area contributed by atoms with Crippen LogP contribution in [-0.4, -0.2) is 16.9 Å². The quantitative estimate of drug-likeness (QED) is 0.267. The van der Waals surface area contributed by atoms with Crippen LogP contribution in [0.4, 0.5) is 0 Å². The summed E-state index contributed by atoms with van der Waals surface area (Å²) >= 11 is 12.2. The molecular formula is C15H8Cl3CuO2. The summed E-state index contributed by atoms with van der Waals surface area (Å²) in [4.78, 5) is 23.7. The van der Waals surface area contributed by atoms with Gasteiger partial charge in [0.25, 0.3) is 0 Å². The van der Waals surface area contributed by atoms with Gasteiger partial charge in [0.2, 0.25) is 5.78 Å². The number of hydrogen-bond donors (Lipinski definition) is 0. The first-order valence-electron chi connectivity index (χ1n) is 5.54. The first-order valence-corrected chi connectivity index (χ1v) is 6.36. The van der Waals surface area contributed by atoms with E-state index >= 15 is 0 Å². The minimum atomic E-state index is -0.858. The summed E-state index contributed by atoms with van der Waals surface area (Å²) in [5.41, 5.74) is 1.21. The molecule has 0 saturated heterocycles. The molecule has 0 radical (unpaired) electrons. The van der Waals surface area contributed by atoms with Crippen LogP contribution in [0, 0.1) is 24.3 Å². The van der Waals surface area contributed by atoms with Gasteiger partial charge in [-0.1, -0.05) is 17.7 Å². The van der Waals surface area contributed by atoms with Crippen LogP contribution in [0.2, 0.25) is 0 Å². The summed E-state index contributed by atoms with van der Waals surface area (Å²) in [5.74, 6) is -0.0164. The van der Waals surface area contributed by atoms with E-state index in [-0.39, 0.29) is 40.3 Å². The fourth-order valence-corrected chi connectivity index (χ4v) is 2.54. The SMILES string of the molecule is [C-]#CC(=O)C1/C=C(/Cl)C(=O)C2=CC=[C+]C=C(C2)C1Cl.[Cl-].[Cu+]. The first kappa shape index (κ1) is 20.2. The Morgan fingerprint density at radius 2 is 2.14 bits per heavy atom. The molecule has 0 N–H and O–H groups in total. The maximum atomic E-state index is 12.1. The number of carbonyl (C=O) groups is 2. The van der Waals surface area contributed by atoms with E-state index in [2.05, 4.69) is 6.08 Å². The van der Waals surface area contributed by atoms with Crippen molar-refractivity contribution in [3.05, 3.63) is 53.0 Å². The molecule has 0 aromatic rings. The Morgan fingerprint density at radius 3 is 2.76 bits per heavy atom. The van der Waals surface area contributed by atoms with Crippen molar-refractivity contribution in [3.63, 3.8) is 0 Å². The number of hydrogen-bond acceptors (Lipinski definition) is 2. The molecule has 0 fully saturated rings. The molecule has 0 aromatic heterocycles. The van der Waals surface area contributed by atoms with E-state index in [9.17, 15) is 9.59 Å². The van der Waals surface area contributed by atoms with E-state index in [1.807, 2.05) is 0 Å². The molecule has 0 spiro atoms. The van der Waals surface area contributed by atoms with Crippen LogP contribution in [0.25, 0.3) is 0 Å². The average molecular weight is 390 g/mol. The zero-order valence-electron chi connectivity index (χ0n) is 10.4. The molecule has 0 amide bonds. The molecule has 0 heterocycles. The minimum absolute atomic E-state index is 0. The Kier molecular flexibility index (Phi) is 8.22. The number of ketones is 2. The van der Waals surface area contributed by atoms with E-state index < -0.39 is 17.1 Å². The summed E-state index contributed by atoms with van der Waals surface area (Å²) in [6, 6.07) is 0. The van der Waals surface area contributed by atoms with Gasteiger partial charge in [0, 0.05) is 23.6 Å². The third kappa shape index (κ3) is 4.31. The van der Waals surface area contributed by atoms with Crippen LogP contribution in [0.3, 0.4) is 0 Å². The van der Waals surface area contributed by atoms with E-state index in [0.29, 0.717) is 17.6 Å². The number of fused-ring (bicyclic) bond motifs is 2. The summed E-state index contributed by atoms with van der Waals surface area (Å²) in [6.45, 7) is 0. The standard InChI is InChI=1S/C15H8Cl2O2.ClH.Cu/c1-2-13(18)11-8-12(16)15(19)10-6-4-3-5-9(7-10)14(11)17;;/h4-6,8,11,14H,7H2;1H;/q;;+1/p-1/b12-8+;;. The topological polar surface area (TPSA) is 34.1 Å². The second-order valence-electron chi connectivity index (χ2n) is 4.18. The van der Waals surface area contributed by atoms with E-state index in [1.165, 1.54) is 6.08 Å². The van der Waals surface area contributed by atoms with Crippen molar-refractivity contribution in [3.8, 4) is 5.92 Å². The molecule has 112 valence electrons. The van der Waals surface area contributed by atoms with Gasteiger partial charge in [-0.25, -0.2) is 0 Å². The number of rotatable bonds is 1. The number of halogens is 3. The normalized spacial score (nSPS) is 25.8. The van der Waals surface area contributed by atoms with Crippen molar-refractivity contribution in [2.75, 3.05) is 0 Å². The van der Waals surface area contributed by atoms with Crippen LogP contribution >= 0.6 is 23.2 Å². The Labute approximate surface area is 150 Å². The van der Waals surface area contributed by atoms with Gasteiger partial charge in [0.05, 0.1) is 28.2 Å². The second-order valence-corrected chi connectivity index (χ2v) is 5.06. The van der Waals surface area contributed by atoms with Gasteiger partial charge < -0.3 is 23.6 Å². The number of alkyl halides is 1. The molecule has 2 aliphatic rings. The first-order chi connectivity index (χ1) is 9.04. The van der Waals surface area contributed by atoms with Crippen molar-refractivity contribution < 1.29 is 39.1 Å². The summed E-state index contributed by atoms with van der Waals surface area (Å²) in [5, 5.41) is -0.727. The van der Waals surface area contributed by atoms with Gasteiger partial charge in [-0.2, -0.15) is 0 Å². The molecule has 2 rings (SSSR count). The van der Waals surface area contributed by atoms with E-state index in [0.717, 1.165) is 0 Å². The van der Waals surface area contributed by atoms with Crippen molar-refractivity contribution >= 4 is 34.8 Å². The molecule has 6 heteroatoms. The van der Waals surface area contributed by atoms with Gasteiger partial charge in [-0.05, 0) is 0 Å². The van der Waals surface area contributed by atoms with Gasteiger partial charge in [0.1, 0.15) is 12.2 Å². The molecule has 0 aliphatic heterocycles. The summed E-state index contributed by atoms with van der Waals surface area (Å²) in [6.07, 6.45) is 16.3. The molecule has 0 saturated carbocycles. The molecule has 2 bridgehead atoms. The van der Waals surface area contributed by atoms with Crippen molar-refractivity contribution in [1.29, 1.82) is 0 Å². The van der Waals surface area contributed by atoms with Crippen molar-refractivity contribution in [2.24, 2.45) is 5.92 Å². The van der Waals surface area contributed by atoms with Gasteiger partial charge in [-0.15, -0.1) is 11.6 Å². The number of carbonyl (C=O) groups excluding carboxylic acids is 2. The van der Waals surface area contributed by atoms with E-state index in [4.69, 9.17) is 29.6 Å². The maximum Gasteiger partial charge on any atom is 1.00 e. The predicted octanol–water partition coefficient (Wildman–Crippen LogP) is -0.308. The molecule has 2 atom stereocenters. The van der Waals surface area contributed by atoms with Crippen molar-refractivity contribution in [2.45, 2.75) is 11.8 Å². The third-order valence-electron chi connectivity index (χ3n) is 2.97. The Morgan fingerprint density at radius 1 is 1.48 bits per heavy atom. The van der Waals surface area contributed by atoms with Crippen LogP contribution in [0.15, 0.2) is 40.5 Å². The van der Waals surface area contributed by atoms with Crippen molar-refractivity contribution in [1.82, 2.24) is 0 Å². The monoisotopic (exact) mass is 388 g/mol. The fourth-order valence-electron chi connectivity index (χ4n) is 1.96. The zero-order chi connectivity index (χ0) is 14.0. The zero-order valence-corrected chi connectivity index (χ0v) is 13.6. The largest absolute Gasteiger partial charge is 1.00 e.